The third-order valence-electron chi connectivity index (χ3n) is 3.83. The average molecular weight is 333 g/mol. The predicted molar refractivity (Wildman–Crippen MR) is 80.1 cm³/mol. The molecular weight excluding hydrogens is 319 g/mol. The van der Waals surface area contributed by atoms with E-state index in [2.05, 4.69) is 5.32 Å². The van der Waals surface area contributed by atoms with E-state index in [1.165, 1.54) is 12.1 Å². The molecule has 2 N–H and O–H groups in total. The second-order valence-corrected chi connectivity index (χ2v) is 6.13. The predicted octanol–water partition coefficient (Wildman–Crippen LogP) is 3.96. The maximum Gasteiger partial charge on any atom is 0.303 e. The van der Waals surface area contributed by atoms with E-state index in [1.807, 2.05) is 0 Å². The number of hydrogen-bond acceptors (Lipinski definition) is 4. The summed E-state index contributed by atoms with van der Waals surface area (Å²) in [5.74, 6) is -0.861. The van der Waals surface area contributed by atoms with E-state index >= 15 is 0 Å². The fraction of sp³-hybridized carbons (Fsp3) is 0.462. The fourth-order valence-electron chi connectivity index (χ4n) is 2.53. The van der Waals surface area contributed by atoms with Crippen molar-refractivity contribution < 1.29 is 14.8 Å². The summed E-state index contributed by atoms with van der Waals surface area (Å²) in [6.07, 6.45) is 2.61. The SMILES string of the molecule is O=C(O)CC1(CNc2cc(Cl)c(Cl)cc2[N+](=O)[O-])CCC1. The van der Waals surface area contributed by atoms with Gasteiger partial charge in [-0.2, -0.15) is 0 Å². The molecule has 1 aromatic rings. The van der Waals surface area contributed by atoms with Crippen LogP contribution in [0, 0.1) is 15.5 Å². The Morgan fingerprint density at radius 2 is 2.00 bits per heavy atom. The molecular formula is C13H14Cl2N2O4. The fourth-order valence-corrected chi connectivity index (χ4v) is 2.85. The number of halogens is 2. The van der Waals surface area contributed by atoms with Crippen LogP contribution < -0.4 is 5.32 Å². The van der Waals surface area contributed by atoms with Gasteiger partial charge in [-0.15, -0.1) is 0 Å². The third-order valence-corrected chi connectivity index (χ3v) is 4.55. The van der Waals surface area contributed by atoms with Crippen LogP contribution >= 0.6 is 23.2 Å². The minimum absolute atomic E-state index is 0.0507. The number of carboxylic acids is 1. The summed E-state index contributed by atoms with van der Waals surface area (Å²) < 4.78 is 0. The zero-order valence-corrected chi connectivity index (χ0v) is 12.6. The summed E-state index contributed by atoms with van der Waals surface area (Å²) >= 11 is 11.7. The van der Waals surface area contributed by atoms with Crippen molar-refractivity contribution in [3.8, 4) is 0 Å². The highest BCUT2D eigenvalue weighted by Crippen LogP contribution is 2.44. The number of nitrogens with one attached hydrogen (secondary N) is 1. The summed E-state index contributed by atoms with van der Waals surface area (Å²) in [7, 11) is 0. The molecule has 0 unspecified atom stereocenters. The van der Waals surface area contributed by atoms with E-state index in [0.29, 0.717) is 6.54 Å². The number of nitro groups is 1. The van der Waals surface area contributed by atoms with Crippen molar-refractivity contribution in [1.82, 2.24) is 0 Å². The number of nitro benzene ring substituents is 1. The number of hydrogen-bond donors (Lipinski definition) is 2. The van der Waals surface area contributed by atoms with Crippen LogP contribution in [0.3, 0.4) is 0 Å². The Morgan fingerprint density at radius 3 is 2.48 bits per heavy atom. The van der Waals surface area contributed by atoms with Crippen molar-refractivity contribution in [1.29, 1.82) is 0 Å². The van der Waals surface area contributed by atoms with Gasteiger partial charge in [0.2, 0.25) is 0 Å². The molecule has 6 nitrogen and oxygen atoms in total. The number of rotatable bonds is 6. The van der Waals surface area contributed by atoms with Gasteiger partial charge in [0.15, 0.2) is 0 Å². The zero-order chi connectivity index (χ0) is 15.6. The Morgan fingerprint density at radius 1 is 1.38 bits per heavy atom. The van der Waals surface area contributed by atoms with Crippen molar-refractivity contribution in [2.45, 2.75) is 25.7 Å². The van der Waals surface area contributed by atoms with Crippen LogP contribution in [-0.2, 0) is 4.79 Å². The van der Waals surface area contributed by atoms with Gasteiger partial charge in [-0.1, -0.05) is 29.6 Å². The molecule has 1 aromatic carbocycles. The van der Waals surface area contributed by atoms with E-state index in [4.69, 9.17) is 28.3 Å². The normalized spacial score (nSPS) is 16.1. The molecule has 0 saturated heterocycles. The van der Waals surface area contributed by atoms with Gasteiger partial charge in [0, 0.05) is 12.6 Å². The number of anilines is 1. The van der Waals surface area contributed by atoms with Crippen molar-refractivity contribution in [2.24, 2.45) is 5.41 Å². The molecule has 0 heterocycles. The lowest BCUT2D eigenvalue weighted by atomic mass is 9.66. The lowest BCUT2D eigenvalue weighted by Crippen LogP contribution is -2.38. The number of aliphatic carboxylic acids is 1. The van der Waals surface area contributed by atoms with Crippen molar-refractivity contribution >= 4 is 40.5 Å². The topological polar surface area (TPSA) is 92.5 Å². The van der Waals surface area contributed by atoms with Crippen LogP contribution in [-0.4, -0.2) is 22.5 Å². The molecule has 0 atom stereocenters. The second kappa shape index (κ2) is 6.07. The maximum absolute atomic E-state index is 11.0. The van der Waals surface area contributed by atoms with Crippen molar-refractivity contribution in [3.05, 3.63) is 32.3 Å². The number of nitrogens with zero attached hydrogens (tertiary/aromatic N) is 1. The van der Waals surface area contributed by atoms with Gasteiger partial charge in [0.05, 0.1) is 21.4 Å². The standard InChI is InChI=1S/C13H14Cl2N2O4/c14-8-4-10(11(17(20)21)5-9(8)15)16-7-13(2-1-3-13)6-12(18)19/h4-5,16H,1-3,6-7H2,(H,18,19). The summed E-state index contributed by atoms with van der Waals surface area (Å²) in [6, 6.07) is 2.59. The molecule has 1 fully saturated rings. The van der Waals surface area contributed by atoms with E-state index in [0.717, 1.165) is 19.3 Å². The summed E-state index contributed by atoms with van der Waals surface area (Å²) in [5.41, 5.74) is -0.258. The monoisotopic (exact) mass is 332 g/mol. The molecule has 0 radical (unpaired) electrons. The average Bonchev–Trinajstić information content (AvgIpc) is 2.35. The van der Waals surface area contributed by atoms with Crippen LogP contribution in [0.4, 0.5) is 11.4 Å². The van der Waals surface area contributed by atoms with Crippen LogP contribution in [0.15, 0.2) is 12.1 Å². The Bertz CT molecular complexity index is 588. The maximum atomic E-state index is 11.0. The highest BCUT2D eigenvalue weighted by atomic mass is 35.5. The third kappa shape index (κ3) is 3.57. The van der Waals surface area contributed by atoms with E-state index in [9.17, 15) is 14.9 Å². The zero-order valence-electron chi connectivity index (χ0n) is 11.1. The summed E-state index contributed by atoms with van der Waals surface area (Å²) in [6.45, 7) is 0.359. The minimum Gasteiger partial charge on any atom is -0.481 e. The Balaban J connectivity index is 2.17. The van der Waals surface area contributed by atoms with Gasteiger partial charge in [-0.05, 0) is 24.3 Å². The Hall–Kier alpha value is -1.53. The summed E-state index contributed by atoms with van der Waals surface area (Å²) in [4.78, 5) is 21.4. The molecule has 21 heavy (non-hydrogen) atoms. The Kier molecular flexibility index (Phi) is 4.58. The molecule has 8 heteroatoms. The highest BCUT2D eigenvalue weighted by Gasteiger charge is 2.39. The van der Waals surface area contributed by atoms with Crippen LogP contribution in [0.2, 0.25) is 10.0 Å². The van der Waals surface area contributed by atoms with Gasteiger partial charge in [-0.25, -0.2) is 0 Å². The first kappa shape index (κ1) is 15.9. The number of carboxylic acid groups (broad SMARTS) is 1. The quantitative estimate of drug-likeness (QED) is 0.607. The van der Waals surface area contributed by atoms with Crippen LogP contribution in [0.5, 0.6) is 0 Å². The molecule has 1 aliphatic rings. The largest absolute Gasteiger partial charge is 0.481 e. The van der Waals surface area contributed by atoms with Gasteiger partial charge in [-0.3, -0.25) is 14.9 Å². The van der Waals surface area contributed by atoms with Crippen molar-refractivity contribution in [3.63, 3.8) is 0 Å². The van der Waals surface area contributed by atoms with E-state index in [-0.39, 0.29) is 33.3 Å². The van der Waals surface area contributed by atoms with Gasteiger partial charge in [0.25, 0.3) is 5.69 Å². The van der Waals surface area contributed by atoms with Crippen LogP contribution in [0.25, 0.3) is 0 Å². The summed E-state index contributed by atoms with van der Waals surface area (Å²) in [5, 5.41) is 23.3. The molecule has 1 aliphatic carbocycles. The molecule has 114 valence electrons. The van der Waals surface area contributed by atoms with E-state index in [1.54, 1.807) is 0 Å². The Labute approximate surface area is 131 Å². The van der Waals surface area contributed by atoms with Crippen molar-refractivity contribution in [2.75, 3.05) is 11.9 Å². The minimum atomic E-state index is -0.861. The van der Waals surface area contributed by atoms with Crippen LogP contribution in [0.1, 0.15) is 25.7 Å². The molecule has 0 aromatic heterocycles. The highest BCUT2D eigenvalue weighted by molar-refractivity contribution is 6.42. The molecule has 0 bridgehead atoms. The number of carbonyl (C=O) groups is 1. The van der Waals surface area contributed by atoms with Gasteiger partial charge < -0.3 is 10.4 Å². The van der Waals surface area contributed by atoms with Gasteiger partial charge >= 0.3 is 5.97 Å². The lowest BCUT2D eigenvalue weighted by molar-refractivity contribution is -0.384. The molecule has 0 aliphatic heterocycles. The first-order chi connectivity index (χ1) is 9.83. The smallest absolute Gasteiger partial charge is 0.303 e. The molecule has 0 spiro atoms. The van der Waals surface area contributed by atoms with E-state index < -0.39 is 10.9 Å². The molecule has 0 amide bonds. The molecule has 1 saturated carbocycles. The van der Waals surface area contributed by atoms with Gasteiger partial charge in [0.1, 0.15) is 5.69 Å². The first-order valence-electron chi connectivity index (χ1n) is 6.42. The second-order valence-electron chi connectivity index (χ2n) is 5.32. The number of benzene rings is 1. The lowest BCUT2D eigenvalue weighted by Gasteiger charge is -2.41. The first-order valence-corrected chi connectivity index (χ1v) is 7.18. The molecule has 2 rings (SSSR count).